The average Bonchev–Trinajstić information content (AvgIpc) is 2.73. The third-order valence-corrected chi connectivity index (χ3v) is 4.59. The number of hydrogen-bond donors (Lipinski definition) is 1. The predicted octanol–water partition coefficient (Wildman–Crippen LogP) is 4.39. The number of benzene rings is 1. The van der Waals surface area contributed by atoms with Gasteiger partial charge in [-0.1, -0.05) is 63.8 Å². The number of hydrogen-bond acceptors (Lipinski definition) is 1. The van der Waals surface area contributed by atoms with E-state index in [1.807, 2.05) is 0 Å². The van der Waals surface area contributed by atoms with E-state index in [2.05, 4.69) is 38.1 Å². The van der Waals surface area contributed by atoms with Crippen LogP contribution in [0.5, 0.6) is 0 Å². The van der Waals surface area contributed by atoms with Gasteiger partial charge in [-0.15, -0.1) is 0 Å². The molecule has 2 atom stereocenters. The highest BCUT2D eigenvalue weighted by Gasteiger charge is 2.35. The number of fused-ring (bicyclic) bond motifs is 1. The Morgan fingerprint density at radius 2 is 2.06 bits per heavy atom. The first-order valence-corrected chi connectivity index (χ1v) is 7.57. The Balaban J connectivity index is 2.08. The number of unbranched alkanes of at least 4 members (excludes halogenated alkanes) is 1. The molecule has 0 saturated heterocycles. The maximum atomic E-state index is 6.72. The van der Waals surface area contributed by atoms with Crippen molar-refractivity contribution < 1.29 is 0 Å². The highest BCUT2D eigenvalue weighted by atomic mass is 14.8. The molecule has 0 radical (unpaired) electrons. The summed E-state index contributed by atoms with van der Waals surface area (Å²) in [5.74, 6) is 0.793. The molecule has 0 heterocycles. The zero-order chi connectivity index (χ0) is 13.0. The summed E-state index contributed by atoms with van der Waals surface area (Å²) in [7, 11) is 0. The minimum absolute atomic E-state index is 0.0506. The van der Waals surface area contributed by atoms with Crippen molar-refractivity contribution in [3.05, 3.63) is 35.4 Å². The van der Waals surface area contributed by atoms with Gasteiger partial charge in [0, 0.05) is 5.54 Å². The van der Waals surface area contributed by atoms with Crippen molar-refractivity contribution in [1.29, 1.82) is 0 Å². The van der Waals surface area contributed by atoms with Crippen molar-refractivity contribution in [1.82, 2.24) is 0 Å². The molecule has 1 nitrogen and oxygen atoms in total. The normalized spacial score (nSPS) is 23.9. The van der Waals surface area contributed by atoms with Crippen LogP contribution in [0.2, 0.25) is 0 Å². The maximum Gasteiger partial charge on any atom is 0.0418 e. The second kappa shape index (κ2) is 5.88. The van der Waals surface area contributed by atoms with Crippen LogP contribution >= 0.6 is 0 Å². The Morgan fingerprint density at radius 3 is 2.78 bits per heavy atom. The van der Waals surface area contributed by atoms with Gasteiger partial charge in [-0.25, -0.2) is 0 Å². The molecule has 1 heteroatoms. The summed E-state index contributed by atoms with van der Waals surface area (Å²) in [6, 6.07) is 8.77. The van der Waals surface area contributed by atoms with Gasteiger partial charge in [0.15, 0.2) is 0 Å². The smallest absolute Gasteiger partial charge is 0.0418 e. The maximum absolute atomic E-state index is 6.72. The first kappa shape index (κ1) is 13.6. The van der Waals surface area contributed by atoms with Crippen LogP contribution in [-0.4, -0.2) is 0 Å². The van der Waals surface area contributed by atoms with E-state index >= 15 is 0 Å². The summed E-state index contributed by atoms with van der Waals surface area (Å²) in [5.41, 5.74) is 9.56. The monoisotopic (exact) mass is 245 g/mol. The van der Waals surface area contributed by atoms with E-state index in [4.69, 9.17) is 5.73 Å². The van der Waals surface area contributed by atoms with E-state index in [0.29, 0.717) is 0 Å². The molecule has 18 heavy (non-hydrogen) atoms. The third kappa shape index (κ3) is 2.77. The second-order valence-electron chi connectivity index (χ2n) is 5.93. The van der Waals surface area contributed by atoms with Gasteiger partial charge in [0.05, 0.1) is 0 Å². The molecule has 1 aromatic carbocycles. The zero-order valence-electron chi connectivity index (χ0n) is 11.9. The molecule has 0 fully saturated rings. The average molecular weight is 245 g/mol. The molecule has 1 aromatic rings. The molecule has 0 saturated carbocycles. The van der Waals surface area contributed by atoms with Crippen molar-refractivity contribution in [2.75, 3.05) is 0 Å². The van der Waals surface area contributed by atoms with Crippen LogP contribution in [0.15, 0.2) is 24.3 Å². The highest BCUT2D eigenvalue weighted by Crippen LogP contribution is 2.40. The van der Waals surface area contributed by atoms with Crippen LogP contribution in [0, 0.1) is 5.92 Å². The van der Waals surface area contributed by atoms with E-state index in [9.17, 15) is 0 Å². The summed E-state index contributed by atoms with van der Waals surface area (Å²) in [4.78, 5) is 0. The van der Waals surface area contributed by atoms with Crippen LogP contribution in [0.1, 0.15) is 63.5 Å². The molecular formula is C17H27N. The third-order valence-electron chi connectivity index (χ3n) is 4.59. The minimum Gasteiger partial charge on any atom is -0.321 e. The van der Waals surface area contributed by atoms with E-state index in [-0.39, 0.29) is 5.54 Å². The van der Waals surface area contributed by atoms with Gasteiger partial charge in [-0.2, -0.15) is 0 Å². The van der Waals surface area contributed by atoms with Gasteiger partial charge >= 0.3 is 0 Å². The number of nitrogens with two attached hydrogens (primary N) is 1. The molecule has 0 spiro atoms. The Morgan fingerprint density at radius 1 is 1.28 bits per heavy atom. The molecule has 0 aliphatic heterocycles. The predicted molar refractivity (Wildman–Crippen MR) is 78.6 cm³/mol. The second-order valence-corrected chi connectivity index (χ2v) is 5.93. The Kier molecular flexibility index (Phi) is 4.45. The van der Waals surface area contributed by atoms with Crippen molar-refractivity contribution in [3.8, 4) is 0 Å². The largest absolute Gasteiger partial charge is 0.321 e. The standard InChI is InChI=1S/C17H27N/c1-3-5-8-14(4-2)13-17(18)12-11-15-9-6-7-10-16(15)17/h6-7,9-10,14H,3-5,8,11-13,18H2,1-2H3. The molecule has 0 bridgehead atoms. The lowest BCUT2D eigenvalue weighted by atomic mass is 9.80. The van der Waals surface area contributed by atoms with Crippen LogP contribution in [-0.2, 0) is 12.0 Å². The SMILES string of the molecule is CCCCC(CC)CC1(N)CCc2ccccc21. The summed E-state index contributed by atoms with van der Waals surface area (Å²) in [5, 5.41) is 0. The van der Waals surface area contributed by atoms with Gasteiger partial charge in [0.1, 0.15) is 0 Å². The number of aryl methyl sites for hydroxylation is 1. The van der Waals surface area contributed by atoms with Gasteiger partial charge in [-0.3, -0.25) is 0 Å². The van der Waals surface area contributed by atoms with Crippen molar-refractivity contribution in [3.63, 3.8) is 0 Å². The van der Waals surface area contributed by atoms with Crippen molar-refractivity contribution in [2.45, 2.75) is 64.3 Å². The van der Waals surface area contributed by atoms with Crippen LogP contribution < -0.4 is 5.73 Å². The molecule has 2 N–H and O–H groups in total. The summed E-state index contributed by atoms with van der Waals surface area (Å²) in [6.45, 7) is 4.58. The molecular weight excluding hydrogens is 218 g/mol. The number of rotatable bonds is 6. The molecule has 0 aromatic heterocycles. The lowest BCUT2D eigenvalue weighted by molar-refractivity contribution is 0.295. The van der Waals surface area contributed by atoms with Crippen molar-refractivity contribution >= 4 is 0 Å². The lowest BCUT2D eigenvalue weighted by Crippen LogP contribution is -2.36. The lowest BCUT2D eigenvalue weighted by Gasteiger charge is -2.30. The molecule has 1 aliphatic carbocycles. The first-order valence-electron chi connectivity index (χ1n) is 7.57. The Labute approximate surface area is 112 Å². The Hall–Kier alpha value is -0.820. The molecule has 0 amide bonds. The van der Waals surface area contributed by atoms with Crippen molar-refractivity contribution in [2.24, 2.45) is 11.7 Å². The van der Waals surface area contributed by atoms with E-state index < -0.39 is 0 Å². The summed E-state index contributed by atoms with van der Waals surface area (Å²) < 4.78 is 0. The van der Waals surface area contributed by atoms with Gasteiger partial charge in [-0.05, 0) is 36.3 Å². The van der Waals surface area contributed by atoms with E-state index in [1.54, 1.807) is 0 Å². The molecule has 2 rings (SSSR count). The van der Waals surface area contributed by atoms with Crippen LogP contribution in [0.25, 0.3) is 0 Å². The summed E-state index contributed by atoms with van der Waals surface area (Å²) in [6.07, 6.45) is 8.71. The Bertz CT molecular complexity index is 385. The quantitative estimate of drug-likeness (QED) is 0.790. The minimum atomic E-state index is -0.0506. The highest BCUT2D eigenvalue weighted by molar-refractivity contribution is 5.38. The van der Waals surface area contributed by atoms with E-state index in [1.165, 1.54) is 43.2 Å². The molecule has 1 aliphatic rings. The topological polar surface area (TPSA) is 26.0 Å². The summed E-state index contributed by atoms with van der Waals surface area (Å²) >= 11 is 0. The fraction of sp³-hybridized carbons (Fsp3) is 0.647. The van der Waals surface area contributed by atoms with Gasteiger partial charge in [0.2, 0.25) is 0 Å². The zero-order valence-corrected chi connectivity index (χ0v) is 11.9. The molecule has 100 valence electrons. The van der Waals surface area contributed by atoms with E-state index in [0.717, 1.165) is 18.8 Å². The fourth-order valence-corrected chi connectivity index (χ4v) is 3.39. The van der Waals surface area contributed by atoms with Crippen LogP contribution in [0.4, 0.5) is 0 Å². The fourth-order valence-electron chi connectivity index (χ4n) is 3.39. The van der Waals surface area contributed by atoms with Gasteiger partial charge < -0.3 is 5.73 Å². The first-order chi connectivity index (χ1) is 8.69. The van der Waals surface area contributed by atoms with Crippen LogP contribution in [0.3, 0.4) is 0 Å². The van der Waals surface area contributed by atoms with Gasteiger partial charge in [0.25, 0.3) is 0 Å². The molecule has 2 unspecified atom stereocenters.